The molecule has 1 saturated heterocycles. The summed E-state index contributed by atoms with van der Waals surface area (Å²) in [6.45, 7) is 4.92. The Kier molecular flexibility index (Phi) is 7.97. The largest absolute Gasteiger partial charge is 0.367 e. The topological polar surface area (TPSA) is 99.2 Å². The van der Waals surface area contributed by atoms with Crippen molar-refractivity contribution in [1.29, 1.82) is 0 Å². The van der Waals surface area contributed by atoms with Crippen LogP contribution in [0.25, 0.3) is 0 Å². The van der Waals surface area contributed by atoms with Crippen molar-refractivity contribution in [3.63, 3.8) is 0 Å². The molecule has 40 heavy (non-hydrogen) atoms. The smallest absolute Gasteiger partial charge is 0.234 e. The van der Waals surface area contributed by atoms with Gasteiger partial charge < -0.3 is 15.1 Å². The van der Waals surface area contributed by atoms with Crippen LogP contribution >= 0.6 is 46.3 Å². The molecule has 9 nitrogen and oxygen atoms in total. The number of benzene rings is 2. The van der Waals surface area contributed by atoms with Crippen LogP contribution in [0, 0.1) is 12.8 Å². The maximum Gasteiger partial charge on any atom is 0.234 e. The van der Waals surface area contributed by atoms with Crippen LogP contribution in [0.1, 0.15) is 17.7 Å². The summed E-state index contributed by atoms with van der Waals surface area (Å²) in [5, 5.41) is 8.62. The molecule has 206 valence electrons. The van der Waals surface area contributed by atoms with Gasteiger partial charge in [-0.1, -0.05) is 29.3 Å². The Morgan fingerprint density at radius 3 is 2.45 bits per heavy atom. The van der Waals surface area contributed by atoms with Crippen molar-refractivity contribution in [2.75, 3.05) is 46.6 Å². The van der Waals surface area contributed by atoms with E-state index in [2.05, 4.69) is 30.4 Å². The molecule has 1 aliphatic heterocycles. The number of nitrogens with one attached hydrogen (secondary N) is 2. The number of rotatable bonds is 8. The van der Waals surface area contributed by atoms with E-state index in [0.29, 0.717) is 40.2 Å². The lowest BCUT2D eigenvalue weighted by Gasteiger charge is -2.36. The first-order valence-electron chi connectivity index (χ1n) is 12.9. The molecule has 2 aromatic heterocycles. The number of halogens is 2. The average Bonchev–Trinajstić information content (AvgIpc) is 3.73. The molecule has 0 atom stereocenters. The monoisotopic (exact) mass is 612 g/mol. The highest BCUT2D eigenvalue weighted by Gasteiger charge is 2.29. The fraction of sp³-hybridized carbons (Fsp3) is 0.296. The van der Waals surface area contributed by atoms with Crippen molar-refractivity contribution < 1.29 is 4.79 Å². The van der Waals surface area contributed by atoms with Crippen LogP contribution < -0.4 is 20.4 Å². The normalized spacial score (nSPS) is 15.3. The van der Waals surface area contributed by atoms with Crippen molar-refractivity contribution in [2.24, 2.45) is 5.92 Å². The molecule has 4 aromatic rings. The third kappa shape index (κ3) is 6.43. The van der Waals surface area contributed by atoms with Crippen molar-refractivity contribution in [3.8, 4) is 0 Å². The summed E-state index contributed by atoms with van der Waals surface area (Å²) >= 11 is 15.7. The summed E-state index contributed by atoms with van der Waals surface area (Å²) in [6, 6.07) is 13.4. The van der Waals surface area contributed by atoms with Gasteiger partial charge in [-0.25, -0.2) is 4.98 Å². The number of aryl methyl sites for hydroxylation is 1. The minimum Gasteiger partial charge on any atom is -0.367 e. The SMILES string of the molecule is Cc1cnc(Nc2nc(Sc3ccc(NC(=O)C4CC4)cc3)nc(N3CCN(c4cccc(Cl)c4Cl)CC3)n2)s1. The van der Waals surface area contributed by atoms with E-state index < -0.39 is 0 Å². The fourth-order valence-corrected chi connectivity index (χ4v) is 6.10. The van der Waals surface area contributed by atoms with Gasteiger partial charge in [0.1, 0.15) is 0 Å². The Hall–Kier alpha value is -3.12. The molecule has 6 rings (SSSR count). The molecular weight excluding hydrogens is 587 g/mol. The number of hydrogen-bond donors (Lipinski definition) is 2. The molecule has 0 bridgehead atoms. The van der Waals surface area contributed by atoms with Crippen LogP contribution in [0.4, 0.5) is 28.4 Å². The van der Waals surface area contributed by atoms with E-state index in [1.807, 2.05) is 49.5 Å². The van der Waals surface area contributed by atoms with E-state index in [0.717, 1.165) is 52.2 Å². The number of carbonyl (C=O) groups excluding carboxylic acids is 1. The zero-order chi connectivity index (χ0) is 27.6. The molecule has 3 heterocycles. The first kappa shape index (κ1) is 27.1. The lowest BCUT2D eigenvalue weighted by atomic mass is 10.2. The van der Waals surface area contributed by atoms with Crippen LogP contribution in [0.3, 0.4) is 0 Å². The first-order chi connectivity index (χ1) is 19.4. The second kappa shape index (κ2) is 11.8. The molecule has 1 saturated carbocycles. The van der Waals surface area contributed by atoms with Gasteiger partial charge in [-0.15, -0.1) is 11.3 Å². The maximum atomic E-state index is 12.1. The number of carbonyl (C=O) groups is 1. The van der Waals surface area contributed by atoms with Gasteiger partial charge in [0.25, 0.3) is 0 Å². The maximum absolute atomic E-state index is 12.1. The first-order valence-corrected chi connectivity index (χ1v) is 15.3. The number of aromatic nitrogens is 4. The summed E-state index contributed by atoms with van der Waals surface area (Å²) in [4.78, 5) is 37.1. The Labute approximate surface area is 250 Å². The second-order valence-electron chi connectivity index (χ2n) is 9.58. The zero-order valence-corrected chi connectivity index (χ0v) is 24.7. The molecule has 1 amide bonds. The van der Waals surface area contributed by atoms with Gasteiger partial charge in [-0.05, 0) is 67.9 Å². The van der Waals surface area contributed by atoms with E-state index in [4.69, 9.17) is 33.2 Å². The predicted molar refractivity (Wildman–Crippen MR) is 163 cm³/mol. The zero-order valence-electron chi connectivity index (χ0n) is 21.6. The molecule has 2 fully saturated rings. The summed E-state index contributed by atoms with van der Waals surface area (Å²) in [7, 11) is 0. The quantitative estimate of drug-likeness (QED) is 0.230. The van der Waals surface area contributed by atoms with Crippen molar-refractivity contribution >= 4 is 80.6 Å². The molecule has 2 aromatic carbocycles. The molecule has 1 aliphatic carbocycles. The highest BCUT2D eigenvalue weighted by atomic mass is 35.5. The van der Waals surface area contributed by atoms with Gasteiger partial charge in [-0.2, -0.15) is 15.0 Å². The highest BCUT2D eigenvalue weighted by molar-refractivity contribution is 7.99. The molecule has 0 unspecified atom stereocenters. The van der Waals surface area contributed by atoms with Gasteiger partial charge in [0.15, 0.2) is 10.3 Å². The van der Waals surface area contributed by atoms with Crippen LogP contribution in [0.15, 0.2) is 58.7 Å². The van der Waals surface area contributed by atoms with E-state index >= 15 is 0 Å². The number of anilines is 5. The van der Waals surface area contributed by atoms with Gasteiger partial charge in [-0.3, -0.25) is 10.1 Å². The van der Waals surface area contributed by atoms with E-state index in [1.54, 1.807) is 6.07 Å². The van der Waals surface area contributed by atoms with Crippen molar-refractivity contribution in [3.05, 3.63) is 63.6 Å². The second-order valence-corrected chi connectivity index (χ2v) is 12.6. The molecule has 0 spiro atoms. The number of thiazole rings is 1. The molecule has 0 radical (unpaired) electrons. The van der Waals surface area contributed by atoms with Crippen molar-refractivity contribution in [1.82, 2.24) is 19.9 Å². The van der Waals surface area contributed by atoms with Gasteiger partial charge in [0, 0.05) is 53.8 Å². The molecule has 2 aliphatic rings. The van der Waals surface area contributed by atoms with Crippen LogP contribution in [0.5, 0.6) is 0 Å². The highest BCUT2D eigenvalue weighted by Crippen LogP contribution is 2.34. The Balaban J connectivity index is 1.20. The van der Waals surface area contributed by atoms with E-state index in [-0.39, 0.29) is 11.8 Å². The van der Waals surface area contributed by atoms with Gasteiger partial charge in [0.2, 0.25) is 17.8 Å². The third-order valence-corrected chi connectivity index (χ3v) is 9.07. The molecule has 13 heteroatoms. The van der Waals surface area contributed by atoms with E-state index in [1.165, 1.54) is 23.1 Å². The summed E-state index contributed by atoms with van der Waals surface area (Å²) in [5.41, 5.74) is 1.72. The van der Waals surface area contributed by atoms with Crippen LogP contribution in [-0.4, -0.2) is 52.0 Å². The lowest BCUT2D eigenvalue weighted by molar-refractivity contribution is -0.117. The number of amides is 1. The summed E-state index contributed by atoms with van der Waals surface area (Å²) in [6.07, 6.45) is 3.76. The Bertz CT molecular complexity index is 1520. The average molecular weight is 614 g/mol. The standard InChI is InChI=1S/C27H26Cl2N8OS2/c1-16-15-30-26(39-16)33-24-32-25(37-13-11-36(12-14-37)21-4-2-3-20(28)22(21)29)35-27(34-24)40-19-9-7-18(8-10-19)31-23(38)17-5-6-17/h2-4,7-10,15,17H,5-6,11-14H2,1H3,(H,31,38)(H,30,32,33,34,35). The molecular formula is C27H26Cl2N8OS2. The van der Waals surface area contributed by atoms with Crippen LogP contribution in [-0.2, 0) is 4.79 Å². The third-order valence-electron chi connectivity index (χ3n) is 6.56. The predicted octanol–water partition coefficient (Wildman–Crippen LogP) is 6.51. The molecule has 2 N–H and O–H groups in total. The number of hydrogen-bond acceptors (Lipinski definition) is 10. The summed E-state index contributed by atoms with van der Waals surface area (Å²) in [5.74, 6) is 1.29. The lowest BCUT2D eigenvalue weighted by Crippen LogP contribution is -2.47. The van der Waals surface area contributed by atoms with Crippen molar-refractivity contribution in [2.45, 2.75) is 29.8 Å². The fourth-order valence-electron chi connectivity index (χ4n) is 4.28. The Morgan fingerprint density at radius 1 is 1.00 bits per heavy atom. The Morgan fingerprint density at radius 2 is 1.75 bits per heavy atom. The summed E-state index contributed by atoms with van der Waals surface area (Å²) < 4.78 is 0. The minimum absolute atomic E-state index is 0.0911. The van der Waals surface area contributed by atoms with Gasteiger partial charge in [0.05, 0.1) is 15.7 Å². The van der Waals surface area contributed by atoms with Crippen LogP contribution in [0.2, 0.25) is 10.0 Å². The van der Waals surface area contributed by atoms with E-state index in [9.17, 15) is 4.79 Å². The number of nitrogens with zero attached hydrogens (tertiary/aromatic N) is 6. The van der Waals surface area contributed by atoms with Gasteiger partial charge >= 0.3 is 0 Å². The number of piperazine rings is 1. The minimum atomic E-state index is 0.0911.